The predicted molar refractivity (Wildman–Crippen MR) is 71.6 cm³/mol. The third kappa shape index (κ3) is 4.83. The predicted octanol–water partition coefficient (Wildman–Crippen LogP) is 3.11. The zero-order chi connectivity index (χ0) is 16.4. The lowest BCUT2D eigenvalue weighted by Gasteiger charge is -2.06. The van der Waals surface area contributed by atoms with Crippen molar-refractivity contribution in [2.45, 2.75) is 0 Å². The second-order valence-electron chi connectivity index (χ2n) is 3.23. The van der Waals surface area contributed by atoms with E-state index in [9.17, 15) is 19.7 Å². The Balaban J connectivity index is 0.000000578. The monoisotopic (exact) mass is 287 g/mol. The molecule has 1 aliphatic rings. The van der Waals surface area contributed by atoms with E-state index in [1.54, 1.807) is 0 Å². The highest BCUT2D eigenvalue weighted by atomic mass is 16.6. The van der Waals surface area contributed by atoms with E-state index >= 15 is 0 Å². The number of hydrogen-bond acceptors (Lipinski definition) is 4. The van der Waals surface area contributed by atoms with Gasteiger partial charge in [-0.05, 0) is 23.8 Å². The summed E-state index contributed by atoms with van der Waals surface area (Å²) in [4.78, 5) is 35.2. The Morgan fingerprint density at radius 1 is 1.00 bits per heavy atom. The van der Waals surface area contributed by atoms with Crippen LogP contribution < -0.4 is 0 Å². The average molecular weight is 287 g/mol. The first-order chi connectivity index (χ1) is 9.92. The number of nitrogens with zero attached hydrogens (tertiary/aromatic N) is 7. The minimum Gasteiger partial charge on any atom is -0.373 e. The number of carbonyl (C=O) groups excluding carboxylic acids is 2. The van der Waals surface area contributed by atoms with Crippen molar-refractivity contribution in [3.8, 4) is 0 Å². The molecule has 0 saturated carbocycles. The number of nitro benzene ring substituents is 1. The van der Waals surface area contributed by atoms with Crippen LogP contribution in [0, 0.1) is 10.1 Å². The van der Waals surface area contributed by atoms with Crippen molar-refractivity contribution in [1.29, 1.82) is 0 Å². The molecule has 0 atom stereocenters. The standard InChI is InChI=1S/C10H5NO4.2N3/c12-9-4-1-6-5-7(11(14)15)2-3-8(6)10(9)13;2*1-3-2/h1-5H;;/q;2*-1. The van der Waals surface area contributed by atoms with Gasteiger partial charge in [0, 0.05) is 17.7 Å². The molecular weight excluding hydrogens is 282 g/mol. The zero-order valence-corrected chi connectivity index (χ0v) is 10.2. The Morgan fingerprint density at radius 3 is 2.00 bits per heavy atom. The van der Waals surface area contributed by atoms with Crippen LogP contribution in [-0.2, 0) is 4.79 Å². The van der Waals surface area contributed by atoms with Gasteiger partial charge >= 0.3 is 0 Å². The van der Waals surface area contributed by atoms with Gasteiger partial charge in [-0.15, -0.1) is 0 Å². The fraction of sp³-hybridized carbons (Fsp3) is 0. The highest BCUT2D eigenvalue weighted by molar-refractivity contribution is 6.50. The number of allylic oxidation sites excluding steroid dienone is 1. The fourth-order valence-electron chi connectivity index (χ4n) is 1.38. The molecule has 106 valence electrons. The summed E-state index contributed by atoms with van der Waals surface area (Å²) in [6.07, 6.45) is 2.53. The van der Waals surface area contributed by atoms with Gasteiger partial charge < -0.3 is 22.1 Å². The Morgan fingerprint density at radius 2 is 1.52 bits per heavy atom. The molecule has 0 amide bonds. The summed E-state index contributed by atoms with van der Waals surface area (Å²) < 4.78 is 0. The molecule has 1 aliphatic carbocycles. The fourth-order valence-corrected chi connectivity index (χ4v) is 1.38. The summed E-state index contributed by atoms with van der Waals surface area (Å²) in [6, 6.07) is 3.79. The number of non-ortho nitro benzene ring substituents is 1. The van der Waals surface area contributed by atoms with Crippen LogP contribution in [0.4, 0.5) is 5.69 Å². The zero-order valence-electron chi connectivity index (χ0n) is 10.2. The first-order valence-electron chi connectivity index (χ1n) is 4.95. The van der Waals surface area contributed by atoms with Gasteiger partial charge in [0.25, 0.3) is 5.69 Å². The van der Waals surface area contributed by atoms with Gasteiger partial charge in [0.05, 0.1) is 4.92 Å². The van der Waals surface area contributed by atoms with Crippen molar-refractivity contribution in [2.24, 2.45) is 0 Å². The van der Waals surface area contributed by atoms with E-state index in [0.717, 1.165) is 6.08 Å². The van der Waals surface area contributed by atoms with Crippen LogP contribution in [0.25, 0.3) is 38.0 Å². The molecule has 2 rings (SSSR count). The molecule has 0 saturated heterocycles. The minimum absolute atomic E-state index is 0.0967. The molecule has 0 heterocycles. The van der Waals surface area contributed by atoms with Crippen LogP contribution in [0.15, 0.2) is 24.3 Å². The van der Waals surface area contributed by atoms with Crippen molar-refractivity contribution < 1.29 is 14.5 Å². The first kappa shape index (κ1) is 17.3. The lowest BCUT2D eigenvalue weighted by atomic mass is 9.95. The van der Waals surface area contributed by atoms with Crippen molar-refractivity contribution in [3.05, 3.63) is 77.5 Å². The number of rotatable bonds is 1. The maximum absolute atomic E-state index is 11.3. The minimum atomic E-state index is -0.623. The Kier molecular flexibility index (Phi) is 6.95. The molecule has 0 bridgehead atoms. The summed E-state index contributed by atoms with van der Waals surface area (Å²) in [5, 5.41) is 10.5. The SMILES string of the molecule is O=C1C=Cc2cc([N+](=O)[O-])ccc2C1=O.[N-]=[N+]=[N-].[N-]=[N+]=[N-]. The van der Waals surface area contributed by atoms with Gasteiger partial charge in [-0.25, -0.2) is 0 Å². The summed E-state index contributed by atoms with van der Waals surface area (Å²) in [7, 11) is 0. The van der Waals surface area contributed by atoms with E-state index in [1.165, 1.54) is 34.1 Å². The summed E-state index contributed by atoms with van der Waals surface area (Å²) in [5.41, 5.74) is 27.5. The Hall–Kier alpha value is -3.68. The largest absolute Gasteiger partial charge is 0.373 e. The van der Waals surface area contributed by atoms with E-state index in [-0.39, 0.29) is 11.3 Å². The molecule has 1 aromatic rings. The first-order valence-corrected chi connectivity index (χ1v) is 4.95. The van der Waals surface area contributed by atoms with E-state index in [1.807, 2.05) is 0 Å². The maximum Gasteiger partial charge on any atom is 0.270 e. The third-order valence-corrected chi connectivity index (χ3v) is 2.13. The molecule has 0 aliphatic heterocycles. The molecule has 11 heteroatoms. The molecular formula is C10H5N7O4-2. The van der Waals surface area contributed by atoms with Crippen LogP contribution in [0.1, 0.15) is 15.9 Å². The number of Topliss-reactive ketones (excluding diaryl/α,β-unsaturated/α-hetero) is 1. The highest BCUT2D eigenvalue weighted by Gasteiger charge is 2.22. The number of nitro groups is 1. The molecule has 11 nitrogen and oxygen atoms in total. The number of hydrogen-bond donors (Lipinski definition) is 0. The van der Waals surface area contributed by atoms with Gasteiger partial charge in [-0.1, -0.05) is 0 Å². The lowest BCUT2D eigenvalue weighted by Crippen LogP contribution is -2.16. The van der Waals surface area contributed by atoms with Crippen LogP contribution in [-0.4, -0.2) is 16.5 Å². The second kappa shape index (κ2) is 8.43. The van der Waals surface area contributed by atoms with E-state index in [2.05, 4.69) is 0 Å². The number of fused-ring (bicyclic) bond motifs is 1. The Bertz CT molecular complexity index is 671. The number of carbonyl (C=O) groups is 2. The molecule has 0 unspecified atom stereocenters. The van der Waals surface area contributed by atoms with Crippen LogP contribution in [0.5, 0.6) is 0 Å². The highest BCUT2D eigenvalue weighted by Crippen LogP contribution is 2.22. The topological polar surface area (TPSA) is 195 Å². The molecule has 0 fully saturated rings. The second-order valence-corrected chi connectivity index (χ2v) is 3.23. The lowest BCUT2D eigenvalue weighted by molar-refractivity contribution is -0.384. The molecule has 1 aromatic carbocycles. The smallest absolute Gasteiger partial charge is 0.270 e. The van der Waals surface area contributed by atoms with Gasteiger partial charge in [-0.3, -0.25) is 29.5 Å². The maximum atomic E-state index is 11.3. The summed E-state index contributed by atoms with van der Waals surface area (Å²) >= 11 is 0. The molecule has 0 radical (unpaired) electrons. The van der Waals surface area contributed by atoms with E-state index < -0.39 is 16.5 Å². The molecule has 0 spiro atoms. The van der Waals surface area contributed by atoms with E-state index in [0.29, 0.717) is 5.56 Å². The van der Waals surface area contributed by atoms with Crippen molar-refractivity contribution >= 4 is 23.3 Å². The van der Waals surface area contributed by atoms with Crippen molar-refractivity contribution in [1.82, 2.24) is 0 Å². The van der Waals surface area contributed by atoms with Gasteiger partial charge in [0.1, 0.15) is 0 Å². The molecule has 21 heavy (non-hydrogen) atoms. The quantitative estimate of drug-likeness (QED) is 0.191. The van der Waals surface area contributed by atoms with Gasteiger partial charge in [0.15, 0.2) is 0 Å². The summed E-state index contributed by atoms with van der Waals surface area (Å²) in [5.74, 6) is -1.22. The van der Waals surface area contributed by atoms with Crippen LogP contribution in [0.3, 0.4) is 0 Å². The van der Waals surface area contributed by atoms with Crippen molar-refractivity contribution in [2.75, 3.05) is 0 Å². The van der Waals surface area contributed by atoms with Gasteiger partial charge in [0.2, 0.25) is 11.6 Å². The average Bonchev–Trinajstić information content (AvgIpc) is 2.44. The van der Waals surface area contributed by atoms with Gasteiger partial charge in [-0.2, -0.15) is 0 Å². The number of ketones is 2. The summed E-state index contributed by atoms with van der Waals surface area (Å²) in [6.45, 7) is 0. The van der Waals surface area contributed by atoms with Crippen LogP contribution in [0.2, 0.25) is 0 Å². The molecule has 0 aromatic heterocycles. The normalized spacial score (nSPS) is 10.7. The van der Waals surface area contributed by atoms with E-state index in [4.69, 9.17) is 22.1 Å². The van der Waals surface area contributed by atoms with Crippen LogP contribution >= 0.6 is 0 Å². The van der Waals surface area contributed by atoms with Crippen molar-refractivity contribution in [3.63, 3.8) is 0 Å². The number of benzene rings is 1. The Labute approximate surface area is 116 Å². The third-order valence-electron chi connectivity index (χ3n) is 2.13. The molecule has 0 N–H and O–H groups in total.